The molecule has 0 fully saturated rings. The number of nitrogens with zero attached hydrogens (tertiary/aromatic N) is 3. The molecular formula is C20H20N4O2. The van der Waals surface area contributed by atoms with Crippen LogP contribution in [-0.4, -0.2) is 33.7 Å². The van der Waals surface area contributed by atoms with Crippen molar-refractivity contribution in [2.75, 3.05) is 11.6 Å². The summed E-state index contributed by atoms with van der Waals surface area (Å²) in [6, 6.07) is 11.0. The lowest BCUT2D eigenvalue weighted by Gasteiger charge is -2.29. The largest absolute Gasteiger partial charge is 0.285 e. The van der Waals surface area contributed by atoms with E-state index in [9.17, 15) is 10.0 Å². The van der Waals surface area contributed by atoms with Gasteiger partial charge in [0, 0.05) is 18.9 Å². The van der Waals surface area contributed by atoms with Gasteiger partial charge >= 0.3 is 0 Å². The highest BCUT2D eigenvalue weighted by molar-refractivity contribution is 5.93. The minimum Gasteiger partial charge on any atom is -0.285 e. The number of hydrazine groups is 1. The Bertz CT molecular complexity index is 892. The number of amides is 1. The first-order chi connectivity index (χ1) is 12.7. The maximum Gasteiger partial charge on any atom is 0.279 e. The van der Waals surface area contributed by atoms with Gasteiger partial charge in [0.15, 0.2) is 0 Å². The van der Waals surface area contributed by atoms with E-state index in [1.807, 2.05) is 35.4 Å². The zero-order chi connectivity index (χ0) is 18.1. The molecule has 0 spiro atoms. The zero-order valence-electron chi connectivity index (χ0n) is 14.5. The Hall–Kier alpha value is -2.96. The van der Waals surface area contributed by atoms with Crippen molar-refractivity contribution < 1.29 is 10.0 Å². The molecule has 1 aliphatic heterocycles. The topological polar surface area (TPSA) is 68.7 Å². The Labute approximate surface area is 152 Å². The Balaban J connectivity index is 1.64. The number of benzene rings is 1. The summed E-state index contributed by atoms with van der Waals surface area (Å²) in [5.74, 6) is -0.445. The fourth-order valence-corrected chi connectivity index (χ4v) is 3.44. The van der Waals surface area contributed by atoms with Crippen molar-refractivity contribution >= 4 is 11.6 Å². The highest BCUT2D eigenvalue weighted by Crippen LogP contribution is 2.33. The average molecular weight is 348 g/mol. The van der Waals surface area contributed by atoms with Crippen LogP contribution in [0.4, 0.5) is 5.69 Å². The normalized spacial score (nSPS) is 18.8. The summed E-state index contributed by atoms with van der Waals surface area (Å²) in [7, 11) is 0. The number of rotatable bonds is 3. The molecule has 1 atom stereocenters. The van der Waals surface area contributed by atoms with Gasteiger partial charge in [0.2, 0.25) is 0 Å². The molecule has 2 heterocycles. The van der Waals surface area contributed by atoms with E-state index < -0.39 is 11.9 Å². The predicted molar refractivity (Wildman–Crippen MR) is 98.4 cm³/mol. The van der Waals surface area contributed by atoms with Crippen molar-refractivity contribution in [3.63, 3.8) is 0 Å². The number of hydrogen-bond acceptors (Lipinski definition) is 5. The second-order valence-electron chi connectivity index (χ2n) is 6.41. The molecule has 0 radical (unpaired) electrons. The van der Waals surface area contributed by atoms with Crippen LogP contribution in [0.25, 0.3) is 0 Å². The molecule has 4 rings (SSSR count). The molecule has 0 unspecified atom stereocenters. The molecule has 6 heteroatoms. The second kappa shape index (κ2) is 6.74. The van der Waals surface area contributed by atoms with E-state index in [4.69, 9.17) is 0 Å². The summed E-state index contributed by atoms with van der Waals surface area (Å²) < 4.78 is 0. The van der Waals surface area contributed by atoms with Crippen molar-refractivity contribution in [2.24, 2.45) is 0 Å². The lowest BCUT2D eigenvalue weighted by Crippen LogP contribution is -2.40. The van der Waals surface area contributed by atoms with E-state index in [1.165, 1.54) is 6.20 Å². The van der Waals surface area contributed by atoms with Gasteiger partial charge in [-0.2, -0.15) is 0 Å². The van der Waals surface area contributed by atoms with Gasteiger partial charge in [0.1, 0.15) is 0 Å². The van der Waals surface area contributed by atoms with E-state index in [-0.39, 0.29) is 0 Å². The molecule has 26 heavy (non-hydrogen) atoms. The van der Waals surface area contributed by atoms with Crippen molar-refractivity contribution in [1.29, 1.82) is 0 Å². The maximum atomic E-state index is 12.6. The number of allylic oxidation sites excluding steroid dienone is 1. The number of para-hydroxylation sites is 1. The number of hydrogen-bond donors (Lipinski definition) is 2. The fourth-order valence-electron chi connectivity index (χ4n) is 3.44. The third-order valence-corrected chi connectivity index (χ3v) is 4.80. The lowest BCUT2D eigenvalue weighted by molar-refractivity contribution is -0.0791. The number of aryl methyl sites for hydroxylation is 1. The minimum absolute atomic E-state index is 0.369. The first-order valence-corrected chi connectivity index (χ1v) is 8.58. The number of nitrogens with one attached hydrogen (secondary N) is 1. The van der Waals surface area contributed by atoms with Crippen LogP contribution < -0.4 is 10.4 Å². The molecule has 1 aliphatic carbocycles. The van der Waals surface area contributed by atoms with Gasteiger partial charge in [-0.15, -0.1) is 0 Å². The molecule has 0 bridgehead atoms. The maximum absolute atomic E-state index is 12.6. The summed E-state index contributed by atoms with van der Waals surface area (Å²) in [5.41, 5.74) is 7.92. The van der Waals surface area contributed by atoms with E-state index >= 15 is 0 Å². The zero-order valence-corrected chi connectivity index (χ0v) is 14.5. The Kier molecular flexibility index (Phi) is 4.28. The van der Waals surface area contributed by atoms with Crippen LogP contribution in [0.1, 0.15) is 22.3 Å². The highest BCUT2D eigenvalue weighted by atomic mass is 16.5. The van der Waals surface area contributed by atoms with Gasteiger partial charge in [0.05, 0.1) is 23.0 Å². The molecule has 132 valence electrons. The molecule has 1 aromatic carbocycles. The van der Waals surface area contributed by atoms with Crippen LogP contribution >= 0.6 is 0 Å². The number of carbonyl (C=O) groups is 1. The summed E-state index contributed by atoms with van der Waals surface area (Å²) in [5, 5.41) is 13.5. The molecular weight excluding hydrogens is 328 g/mol. The van der Waals surface area contributed by atoms with Crippen molar-refractivity contribution in [1.82, 2.24) is 15.5 Å². The van der Waals surface area contributed by atoms with Crippen molar-refractivity contribution in [3.05, 3.63) is 83.3 Å². The first kappa shape index (κ1) is 16.5. The van der Waals surface area contributed by atoms with Crippen LogP contribution in [0.2, 0.25) is 0 Å². The number of carbonyl (C=O) groups excluding carboxylic acids is 1. The molecule has 2 N–H and O–H groups in total. The van der Waals surface area contributed by atoms with E-state index in [1.54, 1.807) is 18.3 Å². The van der Waals surface area contributed by atoms with Crippen molar-refractivity contribution in [2.45, 2.75) is 19.4 Å². The molecule has 1 amide bonds. The number of pyridine rings is 1. The molecule has 0 saturated carbocycles. The Morgan fingerprint density at radius 3 is 2.92 bits per heavy atom. The summed E-state index contributed by atoms with van der Waals surface area (Å²) in [6.07, 6.45) is 7.67. The van der Waals surface area contributed by atoms with Crippen LogP contribution in [-0.2, 0) is 0 Å². The van der Waals surface area contributed by atoms with Crippen LogP contribution in [0.15, 0.2) is 72.2 Å². The van der Waals surface area contributed by atoms with Crippen molar-refractivity contribution in [3.8, 4) is 0 Å². The molecule has 6 nitrogen and oxygen atoms in total. The predicted octanol–water partition coefficient (Wildman–Crippen LogP) is 2.83. The Morgan fingerprint density at radius 2 is 2.15 bits per heavy atom. The number of aromatic nitrogens is 1. The van der Waals surface area contributed by atoms with Crippen LogP contribution in [0, 0.1) is 6.92 Å². The van der Waals surface area contributed by atoms with Gasteiger partial charge in [0.25, 0.3) is 5.91 Å². The SMILES string of the molecule is Cc1ccccc1N1NCC2=C1C=CC[C@H]2N(O)C(=O)c1cccnc1. The molecule has 1 aromatic heterocycles. The lowest BCUT2D eigenvalue weighted by atomic mass is 9.96. The van der Waals surface area contributed by atoms with Crippen LogP contribution in [0.5, 0.6) is 0 Å². The van der Waals surface area contributed by atoms with Gasteiger partial charge in [-0.1, -0.05) is 24.3 Å². The average Bonchev–Trinajstić information content (AvgIpc) is 3.12. The summed E-state index contributed by atoms with van der Waals surface area (Å²) in [6.45, 7) is 2.64. The van der Waals surface area contributed by atoms with Gasteiger partial charge in [-0.3, -0.25) is 20.0 Å². The van der Waals surface area contributed by atoms with Crippen LogP contribution in [0.3, 0.4) is 0 Å². The third kappa shape index (κ3) is 2.79. The molecule has 2 aromatic rings. The Morgan fingerprint density at radius 1 is 1.31 bits per heavy atom. The van der Waals surface area contributed by atoms with Gasteiger partial charge in [-0.05, 0) is 48.8 Å². The number of anilines is 1. The second-order valence-corrected chi connectivity index (χ2v) is 6.41. The van der Waals surface area contributed by atoms with E-state index in [0.29, 0.717) is 18.5 Å². The smallest absolute Gasteiger partial charge is 0.279 e. The molecule has 2 aliphatic rings. The monoisotopic (exact) mass is 348 g/mol. The molecule has 0 saturated heterocycles. The third-order valence-electron chi connectivity index (χ3n) is 4.80. The quantitative estimate of drug-likeness (QED) is 0.659. The summed E-state index contributed by atoms with van der Waals surface area (Å²) >= 11 is 0. The number of hydroxylamine groups is 2. The van der Waals surface area contributed by atoms with E-state index in [2.05, 4.69) is 23.4 Å². The fraction of sp³-hybridized carbons (Fsp3) is 0.200. The standard InChI is InChI=1S/C20H20N4O2/c1-14-6-2-3-8-17(14)23-18-9-4-10-19(16(18)13-22-23)24(26)20(25)15-7-5-11-21-12-15/h2-9,11-12,19,22,26H,10,13H2,1H3/t19-/m1/s1. The highest BCUT2D eigenvalue weighted by Gasteiger charge is 2.35. The summed E-state index contributed by atoms with van der Waals surface area (Å²) in [4.78, 5) is 16.5. The van der Waals surface area contributed by atoms with Gasteiger partial charge in [-0.25, -0.2) is 10.5 Å². The first-order valence-electron chi connectivity index (χ1n) is 8.58. The van der Waals surface area contributed by atoms with E-state index in [0.717, 1.165) is 27.6 Å². The van der Waals surface area contributed by atoms with Gasteiger partial charge < -0.3 is 0 Å². The minimum atomic E-state index is -0.445.